The molecule has 0 saturated carbocycles. The van der Waals surface area contributed by atoms with E-state index < -0.39 is 0 Å². The van der Waals surface area contributed by atoms with E-state index in [0.29, 0.717) is 0 Å². The van der Waals surface area contributed by atoms with Gasteiger partial charge in [0, 0.05) is 5.92 Å². The molecule has 15 heavy (non-hydrogen) atoms. The number of fused-ring (bicyclic) bond motifs is 1. The molecule has 0 aliphatic rings. The summed E-state index contributed by atoms with van der Waals surface area (Å²) in [6, 6.07) is 14.8. The average Bonchev–Trinajstić information content (AvgIpc) is 2.30. The maximum Gasteiger partial charge on any atom is 0.0447 e. The number of benzene rings is 2. The maximum absolute atomic E-state index is 5.51. The summed E-state index contributed by atoms with van der Waals surface area (Å²) in [6.07, 6.45) is 6.50. The highest BCUT2D eigenvalue weighted by molar-refractivity contribution is 5.83. The Bertz CT molecular complexity index is 503. The lowest BCUT2D eigenvalue weighted by Gasteiger charge is -2.09. The van der Waals surface area contributed by atoms with Crippen molar-refractivity contribution < 1.29 is 0 Å². The van der Waals surface area contributed by atoms with Gasteiger partial charge in [0.05, 0.1) is 0 Å². The molecule has 0 nitrogen and oxygen atoms in total. The Morgan fingerprint density at radius 3 is 2.53 bits per heavy atom. The van der Waals surface area contributed by atoms with Crippen molar-refractivity contribution in [3.8, 4) is 12.3 Å². The summed E-state index contributed by atoms with van der Waals surface area (Å²) in [5.41, 5.74) is 1.25. The van der Waals surface area contributed by atoms with Crippen LogP contribution in [-0.2, 0) is 0 Å². The summed E-state index contributed by atoms with van der Waals surface area (Å²) in [6.45, 7) is 2.12. The Morgan fingerprint density at radius 2 is 1.87 bits per heavy atom. The van der Waals surface area contributed by atoms with Crippen molar-refractivity contribution in [2.45, 2.75) is 19.3 Å². The molecule has 0 amide bonds. The highest BCUT2D eigenvalue weighted by atomic mass is 14.1. The van der Waals surface area contributed by atoms with E-state index in [-0.39, 0.29) is 5.92 Å². The molecule has 0 aromatic heterocycles. The fraction of sp³-hybridized carbons (Fsp3) is 0.200. The molecule has 1 atom stereocenters. The van der Waals surface area contributed by atoms with Crippen molar-refractivity contribution in [3.05, 3.63) is 48.0 Å². The maximum atomic E-state index is 5.51. The van der Waals surface area contributed by atoms with Gasteiger partial charge in [-0.1, -0.05) is 49.2 Å². The van der Waals surface area contributed by atoms with E-state index in [2.05, 4.69) is 55.3 Å². The zero-order chi connectivity index (χ0) is 10.7. The van der Waals surface area contributed by atoms with E-state index in [9.17, 15) is 0 Å². The lowest BCUT2D eigenvalue weighted by atomic mass is 9.95. The SMILES string of the molecule is C#CC(CC)c1ccc2ccccc2c1. The molecule has 0 bridgehead atoms. The van der Waals surface area contributed by atoms with E-state index in [1.54, 1.807) is 0 Å². The molecule has 0 N–H and O–H groups in total. The Hall–Kier alpha value is -1.74. The standard InChI is InChI=1S/C15H14/c1-3-12(4-2)15-10-9-13-7-5-6-8-14(13)11-15/h1,5-12H,4H2,2H3. The Balaban J connectivity index is 2.52. The quantitative estimate of drug-likeness (QED) is 0.635. The highest BCUT2D eigenvalue weighted by Crippen LogP contribution is 2.23. The molecule has 1 unspecified atom stereocenters. The molecular weight excluding hydrogens is 180 g/mol. The van der Waals surface area contributed by atoms with Crippen molar-refractivity contribution in [3.63, 3.8) is 0 Å². The van der Waals surface area contributed by atoms with Gasteiger partial charge >= 0.3 is 0 Å². The first-order valence-corrected chi connectivity index (χ1v) is 5.30. The third kappa shape index (κ3) is 1.87. The molecule has 0 aliphatic carbocycles. The number of hydrogen-bond donors (Lipinski definition) is 0. The van der Waals surface area contributed by atoms with Crippen LogP contribution in [0.4, 0.5) is 0 Å². The fourth-order valence-corrected chi connectivity index (χ4v) is 1.87. The van der Waals surface area contributed by atoms with Crippen LogP contribution in [0.15, 0.2) is 42.5 Å². The second-order valence-electron chi connectivity index (χ2n) is 3.73. The molecule has 0 heterocycles. The predicted molar refractivity (Wildman–Crippen MR) is 65.8 cm³/mol. The van der Waals surface area contributed by atoms with E-state index in [0.717, 1.165) is 6.42 Å². The van der Waals surface area contributed by atoms with Crippen LogP contribution in [0.5, 0.6) is 0 Å². The van der Waals surface area contributed by atoms with Gasteiger partial charge in [0.15, 0.2) is 0 Å². The molecule has 0 heteroatoms. The monoisotopic (exact) mass is 194 g/mol. The first-order chi connectivity index (χ1) is 7.35. The van der Waals surface area contributed by atoms with Crippen LogP contribution in [0.25, 0.3) is 10.8 Å². The minimum atomic E-state index is 0.245. The lowest BCUT2D eigenvalue weighted by molar-refractivity contribution is 0.832. The van der Waals surface area contributed by atoms with Crippen molar-refractivity contribution in [1.29, 1.82) is 0 Å². The van der Waals surface area contributed by atoms with Crippen LogP contribution in [0, 0.1) is 12.3 Å². The largest absolute Gasteiger partial charge is 0.119 e. The highest BCUT2D eigenvalue weighted by Gasteiger charge is 2.05. The smallest absolute Gasteiger partial charge is 0.0447 e. The molecule has 0 saturated heterocycles. The number of hydrogen-bond acceptors (Lipinski definition) is 0. The molecule has 0 spiro atoms. The van der Waals surface area contributed by atoms with Gasteiger partial charge in [0.25, 0.3) is 0 Å². The van der Waals surface area contributed by atoms with Crippen molar-refractivity contribution in [1.82, 2.24) is 0 Å². The molecule has 74 valence electrons. The molecule has 0 aliphatic heterocycles. The summed E-state index contributed by atoms with van der Waals surface area (Å²) >= 11 is 0. The molecule has 2 rings (SSSR count). The predicted octanol–water partition coefficient (Wildman–Crippen LogP) is 3.97. The van der Waals surface area contributed by atoms with Gasteiger partial charge < -0.3 is 0 Å². The minimum absolute atomic E-state index is 0.245. The Labute approximate surface area is 90.9 Å². The summed E-state index contributed by atoms with van der Waals surface area (Å²) in [5, 5.41) is 2.54. The van der Waals surface area contributed by atoms with E-state index in [1.807, 2.05) is 0 Å². The molecule has 2 aromatic rings. The number of terminal acetylenes is 1. The van der Waals surface area contributed by atoms with E-state index >= 15 is 0 Å². The fourth-order valence-electron chi connectivity index (χ4n) is 1.87. The van der Waals surface area contributed by atoms with Gasteiger partial charge in [0.1, 0.15) is 0 Å². The van der Waals surface area contributed by atoms with Gasteiger partial charge in [-0.2, -0.15) is 0 Å². The minimum Gasteiger partial charge on any atom is -0.119 e. The molecule has 2 aromatic carbocycles. The van der Waals surface area contributed by atoms with Crippen LogP contribution < -0.4 is 0 Å². The molecule has 0 fully saturated rings. The van der Waals surface area contributed by atoms with Gasteiger partial charge in [0.2, 0.25) is 0 Å². The van der Waals surface area contributed by atoms with Crippen LogP contribution >= 0.6 is 0 Å². The summed E-state index contributed by atoms with van der Waals surface area (Å²) in [7, 11) is 0. The molecule has 0 radical (unpaired) electrons. The van der Waals surface area contributed by atoms with Crippen LogP contribution in [0.1, 0.15) is 24.8 Å². The second-order valence-corrected chi connectivity index (χ2v) is 3.73. The third-order valence-electron chi connectivity index (χ3n) is 2.79. The van der Waals surface area contributed by atoms with Crippen LogP contribution in [-0.4, -0.2) is 0 Å². The topological polar surface area (TPSA) is 0 Å². The lowest BCUT2D eigenvalue weighted by Crippen LogP contribution is -1.92. The third-order valence-corrected chi connectivity index (χ3v) is 2.79. The first kappa shape index (κ1) is 9.80. The average molecular weight is 194 g/mol. The summed E-state index contributed by atoms with van der Waals surface area (Å²) in [5.74, 6) is 3.08. The van der Waals surface area contributed by atoms with Gasteiger partial charge in [-0.25, -0.2) is 0 Å². The normalized spacial score (nSPS) is 12.3. The van der Waals surface area contributed by atoms with Crippen molar-refractivity contribution in [2.75, 3.05) is 0 Å². The first-order valence-electron chi connectivity index (χ1n) is 5.30. The van der Waals surface area contributed by atoms with Crippen LogP contribution in [0.3, 0.4) is 0 Å². The van der Waals surface area contributed by atoms with Gasteiger partial charge in [-0.15, -0.1) is 6.42 Å². The van der Waals surface area contributed by atoms with Gasteiger partial charge in [-0.3, -0.25) is 0 Å². The van der Waals surface area contributed by atoms with Crippen LogP contribution in [0.2, 0.25) is 0 Å². The summed E-state index contributed by atoms with van der Waals surface area (Å²) < 4.78 is 0. The molecular formula is C15H14. The van der Waals surface area contributed by atoms with Crippen molar-refractivity contribution >= 4 is 10.8 Å². The Kier molecular flexibility index (Phi) is 2.74. The van der Waals surface area contributed by atoms with Gasteiger partial charge in [-0.05, 0) is 28.8 Å². The number of rotatable bonds is 2. The van der Waals surface area contributed by atoms with E-state index in [4.69, 9.17) is 6.42 Å². The zero-order valence-corrected chi connectivity index (χ0v) is 8.90. The van der Waals surface area contributed by atoms with Crippen molar-refractivity contribution in [2.24, 2.45) is 0 Å². The zero-order valence-electron chi connectivity index (χ0n) is 8.90. The summed E-state index contributed by atoms with van der Waals surface area (Å²) in [4.78, 5) is 0. The van der Waals surface area contributed by atoms with E-state index in [1.165, 1.54) is 16.3 Å². The second kappa shape index (κ2) is 4.19. The Morgan fingerprint density at radius 1 is 1.13 bits per heavy atom.